The van der Waals surface area contributed by atoms with E-state index in [1.807, 2.05) is 51.1 Å². The molecule has 1 spiro atoms. The molecular weight excluding hydrogens is 538 g/mol. The third kappa shape index (κ3) is 3.45. The summed E-state index contributed by atoms with van der Waals surface area (Å²) < 4.78 is 6.23. The van der Waals surface area contributed by atoms with Crippen molar-refractivity contribution in [1.29, 1.82) is 0 Å². The van der Waals surface area contributed by atoms with Gasteiger partial charge in [-0.2, -0.15) is 0 Å². The van der Waals surface area contributed by atoms with Crippen LogP contribution in [0.15, 0.2) is 88.2 Å². The van der Waals surface area contributed by atoms with Crippen LogP contribution in [-0.2, 0) is 16.9 Å². The number of benzene rings is 3. The molecule has 0 aliphatic carbocycles. The average Bonchev–Trinajstić information content (AvgIpc) is 3.35. The molecule has 7 nitrogen and oxygen atoms in total. The SMILES string of the molecule is Cc1ccnc(N2C(=O)c3oc4cc(C)c(C)cc4c(=O)c3C23C(=O)N(Cc2ccc(Cl)cc2)c2ccccc23)c1. The topological polar surface area (TPSA) is 83.7 Å². The van der Waals surface area contributed by atoms with Crippen LogP contribution in [0.4, 0.5) is 11.5 Å². The van der Waals surface area contributed by atoms with Crippen LogP contribution >= 0.6 is 11.6 Å². The number of rotatable bonds is 3. The van der Waals surface area contributed by atoms with Crippen LogP contribution in [0.5, 0.6) is 0 Å². The second-order valence-electron chi connectivity index (χ2n) is 10.6. The molecule has 0 radical (unpaired) electrons. The number of anilines is 2. The van der Waals surface area contributed by atoms with E-state index in [9.17, 15) is 14.4 Å². The number of carbonyl (C=O) groups is 2. The molecule has 2 aromatic heterocycles. The molecular formula is C33H24ClN3O4. The highest BCUT2D eigenvalue weighted by Crippen LogP contribution is 2.54. The van der Waals surface area contributed by atoms with Gasteiger partial charge in [0.2, 0.25) is 5.76 Å². The summed E-state index contributed by atoms with van der Waals surface area (Å²) >= 11 is 6.12. The lowest BCUT2D eigenvalue weighted by Gasteiger charge is -2.33. The van der Waals surface area contributed by atoms with Crippen molar-refractivity contribution in [2.75, 3.05) is 9.80 Å². The zero-order chi connectivity index (χ0) is 28.6. The molecule has 0 bridgehead atoms. The number of para-hydroxylation sites is 1. The standard InChI is InChI=1S/C33H24ClN3O4/c1-18-12-13-35-27(14-18)37-31(39)30-28(29(38)23-15-19(2)20(3)16-26(23)41-30)33(37)24-6-4-5-7-25(24)36(32(33)40)17-21-8-10-22(34)11-9-21/h4-16H,17H2,1-3H3. The molecule has 0 saturated heterocycles. The van der Waals surface area contributed by atoms with Gasteiger partial charge >= 0.3 is 0 Å². The quantitative estimate of drug-likeness (QED) is 0.261. The first-order valence-corrected chi connectivity index (χ1v) is 13.6. The molecule has 8 heteroatoms. The number of hydrogen-bond acceptors (Lipinski definition) is 5. The summed E-state index contributed by atoms with van der Waals surface area (Å²) in [5, 5.41) is 0.903. The maximum Gasteiger partial charge on any atom is 0.297 e. The minimum atomic E-state index is -1.80. The number of carbonyl (C=O) groups excluding carboxylic acids is 2. The third-order valence-corrected chi connectivity index (χ3v) is 8.38. The zero-order valence-corrected chi connectivity index (χ0v) is 23.3. The molecule has 0 N–H and O–H groups in total. The second kappa shape index (κ2) is 8.88. The summed E-state index contributed by atoms with van der Waals surface area (Å²) in [4.78, 5) is 51.2. The van der Waals surface area contributed by atoms with Gasteiger partial charge in [-0.05, 0) is 85.5 Å². The fraction of sp³-hybridized carbons (Fsp3) is 0.152. The van der Waals surface area contributed by atoms with Crippen LogP contribution in [0.1, 0.15) is 43.9 Å². The van der Waals surface area contributed by atoms with Crippen molar-refractivity contribution in [3.8, 4) is 0 Å². The van der Waals surface area contributed by atoms with Gasteiger partial charge in [-0.3, -0.25) is 19.3 Å². The highest BCUT2D eigenvalue weighted by atomic mass is 35.5. The molecule has 4 heterocycles. The zero-order valence-electron chi connectivity index (χ0n) is 22.6. The van der Waals surface area contributed by atoms with Gasteiger partial charge in [0.05, 0.1) is 23.2 Å². The van der Waals surface area contributed by atoms with Crippen molar-refractivity contribution in [2.45, 2.75) is 32.9 Å². The first-order chi connectivity index (χ1) is 19.7. The molecule has 3 aromatic carbocycles. The van der Waals surface area contributed by atoms with E-state index in [1.54, 1.807) is 53.6 Å². The molecule has 2 aliphatic heterocycles. The molecule has 0 saturated carbocycles. The van der Waals surface area contributed by atoms with Gasteiger partial charge in [-0.25, -0.2) is 4.98 Å². The van der Waals surface area contributed by atoms with Gasteiger partial charge in [0, 0.05) is 16.8 Å². The van der Waals surface area contributed by atoms with Gasteiger partial charge in [-0.15, -0.1) is 0 Å². The molecule has 7 rings (SSSR count). The first kappa shape index (κ1) is 25.2. The summed E-state index contributed by atoms with van der Waals surface area (Å²) in [7, 11) is 0. The lowest BCUT2D eigenvalue weighted by atomic mass is 9.83. The molecule has 1 unspecified atom stereocenters. The minimum absolute atomic E-state index is 0.0117. The van der Waals surface area contributed by atoms with Crippen molar-refractivity contribution in [1.82, 2.24) is 4.98 Å². The van der Waals surface area contributed by atoms with Crippen LogP contribution in [0.3, 0.4) is 0 Å². The highest BCUT2D eigenvalue weighted by Gasteiger charge is 2.66. The fourth-order valence-electron chi connectivity index (χ4n) is 6.04. The number of pyridine rings is 1. The van der Waals surface area contributed by atoms with E-state index in [0.717, 1.165) is 22.3 Å². The molecule has 202 valence electrons. The molecule has 2 amide bonds. The van der Waals surface area contributed by atoms with Crippen LogP contribution in [0.2, 0.25) is 5.02 Å². The van der Waals surface area contributed by atoms with Gasteiger partial charge in [0.15, 0.2) is 11.0 Å². The van der Waals surface area contributed by atoms with Gasteiger partial charge < -0.3 is 9.32 Å². The van der Waals surface area contributed by atoms with Gasteiger partial charge in [0.1, 0.15) is 11.4 Å². The Bertz CT molecular complexity index is 2000. The molecule has 5 aromatic rings. The van der Waals surface area contributed by atoms with Crippen molar-refractivity contribution in [3.63, 3.8) is 0 Å². The second-order valence-corrected chi connectivity index (χ2v) is 11.1. The van der Waals surface area contributed by atoms with Crippen LogP contribution in [0.25, 0.3) is 11.0 Å². The number of aryl methyl sites for hydroxylation is 3. The number of fused-ring (bicyclic) bond motifs is 5. The Balaban J connectivity index is 1.57. The summed E-state index contributed by atoms with van der Waals surface area (Å²) in [6, 6.07) is 21.6. The first-order valence-electron chi connectivity index (χ1n) is 13.2. The predicted molar refractivity (Wildman–Crippen MR) is 158 cm³/mol. The molecule has 1 atom stereocenters. The van der Waals surface area contributed by atoms with Crippen LogP contribution < -0.4 is 15.2 Å². The van der Waals surface area contributed by atoms with Gasteiger partial charge in [0.25, 0.3) is 11.8 Å². The molecule has 0 fully saturated rings. The lowest BCUT2D eigenvalue weighted by molar-refractivity contribution is -0.121. The summed E-state index contributed by atoms with van der Waals surface area (Å²) in [5.74, 6) is -0.911. The maximum absolute atomic E-state index is 14.9. The Morgan fingerprint density at radius 1 is 0.902 bits per heavy atom. The number of amides is 2. The fourth-order valence-corrected chi connectivity index (χ4v) is 6.16. The molecule has 2 aliphatic rings. The van der Waals surface area contributed by atoms with E-state index in [4.69, 9.17) is 16.0 Å². The number of nitrogens with zero attached hydrogens (tertiary/aromatic N) is 3. The Morgan fingerprint density at radius 3 is 2.39 bits per heavy atom. The van der Waals surface area contributed by atoms with Crippen molar-refractivity contribution >= 4 is 45.9 Å². The van der Waals surface area contributed by atoms with Gasteiger partial charge in [-0.1, -0.05) is 41.9 Å². The predicted octanol–water partition coefficient (Wildman–Crippen LogP) is 6.22. The minimum Gasteiger partial charge on any atom is -0.450 e. The monoisotopic (exact) mass is 561 g/mol. The maximum atomic E-state index is 14.9. The summed E-state index contributed by atoms with van der Waals surface area (Å²) in [6.45, 7) is 5.92. The van der Waals surface area contributed by atoms with E-state index < -0.39 is 22.8 Å². The Hall–Kier alpha value is -4.75. The number of halogens is 1. The van der Waals surface area contributed by atoms with Crippen LogP contribution in [-0.4, -0.2) is 16.8 Å². The Kier molecular flexibility index (Phi) is 5.46. The third-order valence-electron chi connectivity index (χ3n) is 8.12. The smallest absolute Gasteiger partial charge is 0.297 e. The van der Waals surface area contributed by atoms with E-state index in [-0.39, 0.29) is 23.7 Å². The van der Waals surface area contributed by atoms with E-state index >= 15 is 0 Å². The normalized spacial score (nSPS) is 17.6. The van der Waals surface area contributed by atoms with Crippen molar-refractivity contribution in [3.05, 3.63) is 133 Å². The lowest BCUT2D eigenvalue weighted by Crippen LogP contribution is -2.54. The Morgan fingerprint density at radius 2 is 1.63 bits per heavy atom. The van der Waals surface area contributed by atoms with Crippen LogP contribution in [0, 0.1) is 20.8 Å². The highest BCUT2D eigenvalue weighted by molar-refractivity contribution is 6.30. The molecule has 41 heavy (non-hydrogen) atoms. The van der Waals surface area contributed by atoms with E-state index in [2.05, 4.69) is 4.98 Å². The van der Waals surface area contributed by atoms with E-state index in [0.29, 0.717) is 27.2 Å². The number of hydrogen-bond donors (Lipinski definition) is 0. The summed E-state index contributed by atoms with van der Waals surface area (Å²) in [6.07, 6.45) is 1.59. The average molecular weight is 562 g/mol. The van der Waals surface area contributed by atoms with Crippen molar-refractivity contribution in [2.24, 2.45) is 0 Å². The Labute approximate surface area is 240 Å². The van der Waals surface area contributed by atoms with E-state index in [1.165, 1.54) is 4.90 Å². The summed E-state index contributed by atoms with van der Waals surface area (Å²) in [5.41, 5.74) is 2.74. The number of aromatic nitrogens is 1. The largest absolute Gasteiger partial charge is 0.450 e. The van der Waals surface area contributed by atoms with Crippen molar-refractivity contribution < 1.29 is 14.0 Å².